The minimum absolute atomic E-state index is 0.245. The zero-order valence-electron chi connectivity index (χ0n) is 10.8. The van der Waals surface area contributed by atoms with E-state index in [1.807, 2.05) is 6.92 Å². The summed E-state index contributed by atoms with van der Waals surface area (Å²) in [6.07, 6.45) is 2.63. The number of nitrogens with zero attached hydrogens (tertiary/aromatic N) is 1. The van der Waals surface area contributed by atoms with Gasteiger partial charge in [-0.2, -0.15) is 0 Å². The topological polar surface area (TPSA) is 49.5 Å². The summed E-state index contributed by atoms with van der Waals surface area (Å²) in [6, 6.07) is 5.12. The van der Waals surface area contributed by atoms with Gasteiger partial charge in [0.25, 0.3) is 0 Å². The molecule has 2 unspecified atom stereocenters. The number of halogens is 1. The predicted molar refractivity (Wildman–Crippen MR) is 71.0 cm³/mol. The molecule has 1 heterocycles. The standard InChI is InChI=1S/C14H21FN2O/c1-10(18)7-13-3-2-6-17(13)14-5-4-12(15)8-11(14)9-16/h4-5,8,10,13,18H,2-3,6-7,9,16H2,1H3. The van der Waals surface area contributed by atoms with Gasteiger partial charge in [0.2, 0.25) is 0 Å². The first kappa shape index (κ1) is 13.3. The Kier molecular flexibility index (Phi) is 4.19. The van der Waals surface area contributed by atoms with Crippen molar-refractivity contribution in [1.29, 1.82) is 0 Å². The molecular formula is C14H21FN2O. The number of aliphatic hydroxyl groups excluding tert-OH is 1. The first-order valence-electron chi connectivity index (χ1n) is 6.55. The smallest absolute Gasteiger partial charge is 0.123 e. The zero-order chi connectivity index (χ0) is 13.1. The molecule has 4 heteroatoms. The molecule has 0 amide bonds. The van der Waals surface area contributed by atoms with Crippen LogP contribution >= 0.6 is 0 Å². The third-order valence-electron chi connectivity index (χ3n) is 3.56. The minimum atomic E-state index is -0.308. The fraction of sp³-hybridized carbons (Fsp3) is 0.571. The van der Waals surface area contributed by atoms with E-state index in [4.69, 9.17) is 5.73 Å². The number of aliphatic hydroxyl groups is 1. The van der Waals surface area contributed by atoms with E-state index in [0.29, 0.717) is 12.6 Å². The van der Waals surface area contributed by atoms with Crippen LogP contribution in [0.2, 0.25) is 0 Å². The van der Waals surface area contributed by atoms with Crippen LogP contribution in [0.5, 0.6) is 0 Å². The summed E-state index contributed by atoms with van der Waals surface area (Å²) in [4.78, 5) is 2.26. The molecule has 0 bridgehead atoms. The number of hydrogen-bond donors (Lipinski definition) is 2. The van der Waals surface area contributed by atoms with Crippen molar-refractivity contribution < 1.29 is 9.50 Å². The molecule has 2 rings (SSSR count). The van der Waals surface area contributed by atoms with E-state index in [1.165, 1.54) is 12.1 Å². The molecule has 0 aliphatic carbocycles. The maximum atomic E-state index is 13.2. The quantitative estimate of drug-likeness (QED) is 0.862. The number of benzene rings is 1. The van der Waals surface area contributed by atoms with Crippen LogP contribution in [0.1, 0.15) is 31.7 Å². The summed E-state index contributed by atoms with van der Waals surface area (Å²) in [6.45, 7) is 3.10. The van der Waals surface area contributed by atoms with Crippen LogP contribution in [0.3, 0.4) is 0 Å². The third-order valence-corrected chi connectivity index (χ3v) is 3.56. The summed E-state index contributed by atoms with van der Waals surface area (Å²) >= 11 is 0. The molecule has 1 aliphatic heterocycles. The molecule has 1 saturated heterocycles. The summed E-state index contributed by atoms with van der Waals surface area (Å²) in [5, 5.41) is 9.54. The van der Waals surface area contributed by atoms with Crippen molar-refractivity contribution in [2.24, 2.45) is 5.73 Å². The summed E-state index contributed by atoms with van der Waals surface area (Å²) in [5.41, 5.74) is 7.55. The largest absolute Gasteiger partial charge is 0.393 e. The Morgan fingerprint density at radius 1 is 1.56 bits per heavy atom. The fourth-order valence-corrected chi connectivity index (χ4v) is 2.79. The van der Waals surface area contributed by atoms with E-state index < -0.39 is 0 Å². The molecule has 18 heavy (non-hydrogen) atoms. The van der Waals surface area contributed by atoms with Gasteiger partial charge in [0.1, 0.15) is 5.82 Å². The Balaban J connectivity index is 2.24. The number of rotatable bonds is 4. The zero-order valence-corrected chi connectivity index (χ0v) is 10.8. The van der Waals surface area contributed by atoms with Crippen LogP contribution in [-0.4, -0.2) is 23.8 Å². The Morgan fingerprint density at radius 2 is 2.33 bits per heavy atom. The van der Waals surface area contributed by atoms with E-state index in [0.717, 1.165) is 37.1 Å². The summed E-state index contributed by atoms with van der Waals surface area (Å²) in [7, 11) is 0. The number of hydrogen-bond acceptors (Lipinski definition) is 3. The number of nitrogens with two attached hydrogens (primary N) is 1. The van der Waals surface area contributed by atoms with Gasteiger partial charge in [-0.1, -0.05) is 0 Å². The second kappa shape index (κ2) is 5.67. The maximum absolute atomic E-state index is 13.2. The molecule has 1 aromatic rings. The van der Waals surface area contributed by atoms with Gasteiger partial charge in [-0.15, -0.1) is 0 Å². The van der Waals surface area contributed by atoms with Crippen molar-refractivity contribution >= 4 is 5.69 Å². The average Bonchev–Trinajstić information content (AvgIpc) is 2.76. The normalized spacial score (nSPS) is 21.3. The lowest BCUT2D eigenvalue weighted by Crippen LogP contribution is -2.32. The summed E-state index contributed by atoms with van der Waals surface area (Å²) < 4.78 is 13.2. The Hall–Kier alpha value is -1.13. The van der Waals surface area contributed by atoms with Gasteiger partial charge in [-0.3, -0.25) is 0 Å². The highest BCUT2D eigenvalue weighted by atomic mass is 19.1. The van der Waals surface area contributed by atoms with Gasteiger partial charge >= 0.3 is 0 Å². The lowest BCUT2D eigenvalue weighted by atomic mass is 10.1. The molecule has 2 atom stereocenters. The van der Waals surface area contributed by atoms with E-state index >= 15 is 0 Å². The molecule has 0 aromatic heterocycles. The first-order valence-corrected chi connectivity index (χ1v) is 6.55. The van der Waals surface area contributed by atoms with Crippen LogP contribution in [0.4, 0.5) is 10.1 Å². The van der Waals surface area contributed by atoms with Gasteiger partial charge in [0.05, 0.1) is 6.10 Å². The van der Waals surface area contributed by atoms with Crippen molar-refractivity contribution in [3.05, 3.63) is 29.6 Å². The first-order chi connectivity index (χ1) is 8.61. The lowest BCUT2D eigenvalue weighted by molar-refractivity contribution is 0.175. The Bertz CT molecular complexity index is 409. The van der Waals surface area contributed by atoms with Gasteiger partial charge < -0.3 is 15.7 Å². The van der Waals surface area contributed by atoms with Gasteiger partial charge in [-0.25, -0.2) is 4.39 Å². The fourth-order valence-electron chi connectivity index (χ4n) is 2.79. The van der Waals surface area contributed by atoms with Crippen LogP contribution < -0.4 is 10.6 Å². The van der Waals surface area contributed by atoms with Crippen molar-refractivity contribution in [1.82, 2.24) is 0 Å². The Morgan fingerprint density at radius 3 is 3.00 bits per heavy atom. The van der Waals surface area contributed by atoms with E-state index in [2.05, 4.69) is 4.90 Å². The highest BCUT2D eigenvalue weighted by molar-refractivity contribution is 5.55. The predicted octanol–water partition coefficient (Wildman–Crippen LogP) is 2.02. The third kappa shape index (κ3) is 2.82. The molecule has 0 spiro atoms. The molecule has 0 radical (unpaired) electrons. The monoisotopic (exact) mass is 252 g/mol. The van der Waals surface area contributed by atoms with Crippen molar-refractivity contribution in [3.63, 3.8) is 0 Å². The minimum Gasteiger partial charge on any atom is -0.393 e. The van der Waals surface area contributed by atoms with Crippen LogP contribution in [0.25, 0.3) is 0 Å². The summed E-state index contributed by atoms with van der Waals surface area (Å²) in [5.74, 6) is -0.245. The lowest BCUT2D eigenvalue weighted by Gasteiger charge is -2.29. The van der Waals surface area contributed by atoms with E-state index in [1.54, 1.807) is 6.07 Å². The van der Waals surface area contributed by atoms with Crippen LogP contribution in [-0.2, 0) is 6.54 Å². The molecular weight excluding hydrogens is 231 g/mol. The average molecular weight is 252 g/mol. The SMILES string of the molecule is CC(O)CC1CCCN1c1ccc(F)cc1CN. The highest BCUT2D eigenvalue weighted by Crippen LogP contribution is 2.31. The number of anilines is 1. The van der Waals surface area contributed by atoms with Crippen LogP contribution in [0, 0.1) is 5.82 Å². The van der Waals surface area contributed by atoms with Gasteiger partial charge in [0.15, 0.2) is 0 Å². The molecule has 0 saturated carbocycles. The van der Waals surface area contributed by atoms with E-state index in [9.17, 15) is 9.50 Å². The molecule has 3 nitrogen and oxygen atoms in total. The molecule has 1 fully saturated rings. The Labute approximate surface area is 107 Å². The van der Waals surface area contributed by atoms with Gasteiger partial charge in [0, 0.05) is 24.8 Å². The van der Waals surface area contributed by atoms with E-state index in [-0.39, 0.29) is 11.9 Å². The molecule has 1 aromatic carbocycles. The van der Waals surface area contributed by atoms with Crippen LogP contribution in [0.15, 0.2) is 18.2 Å². The highest BCUT2D eigenvalue weighted by Gasteiger charge is 2.27. The molecule has 100 valence electrons. The molecule has 3 N–H and O–H groups in total. The second-order valence-electron chi connectivity index (χ2n) is 5.05. The van der Waals surface area contributed by atoms with Crippen molar-refractivity contribution in [2.75, 3.05) is 11.4 Å². The maximum Gasteiger partial charge on any atom is 0.123 e. The molecule has 1 aliphatic rings. The van der Waals surface area contributed by atoms with Gasteiger partial charge in [-0.05, 0) is 49.9 Å². The van der Waals surface area contributed by atoms with Crippen molar-refractivity contribution in [3.8, 4) is 0 Å². The second-order valence-corrected chi connectivity index (χ2v) is 5.05. The van der Waals surface area contributed by atoms with Crippen molar-refractivity contribution in [2.45, 2.75) is 44.9 Å².